The fourth-order valence-electron chi connectivity index (χ4n) is 1.91. The highest BCUT2D eigenvalue weighted by atomic mass is 16.6. The lowest BCUT2D eigenvalue weighted by Crippen LogP contribution is -2.51. The summed E-state index contributed by atoms with van der Waals surface area (Å²) >= 11 is 0. The maximum Gasteiger partial charge on any atom is 0.410 e. The first kappa shape index (κ1) is 15.0. The number of hydrogen-bond acceptors (Lipinski definition) is 6. The topological polar surface area (TPSA) is 119 Å². The SMILES string of the molecule is C=CCOC(=O)N1C[C@](N)(C(=O)OC)C[C@H]1C(=O)O. The summed E-state index contributed by atoms with van der Waals surface area (Å²) in [4.78, 5) is 35.3. The molecule has 0 bridgehead atoms. The van der Waals surface area contributed by atoms with Gasteiger partial charge in [-0.25, -0.2) is 14.4 Å². The van der Waals surface area contributed by atoms with E-state index in [-0.39, 0.29) is 19.6 Å². The normalized spacial score (nSPS) is 25.8. The number of methoxy groups -OCH3 is 1. The van der Waals surface area contributed by atoms with Crippen molar-refractivity contribution in [2.24, 2.45) is 5.73 Å². The molecule has 1 aliphatic heterocycles. The lowest BCUT2D eigenvalue weighted by atomic mass is 9.97. The molecule has 1 heterocycles. The lowest BCUT2D eigenvalue weighted by molar-refractivity contribution is -0.146. The second-order valence-corrected chi connectivity index (χ2v) is 4.20. The number of carbonyl (C=O) groups is 3. The van der Waals surface area contributed by atoms with Gasteiger partial charge in [-0.2, -0.15) is 0 Å². The predicted molar refractivity (Wildman–Crippen MR) is 63.2 cm³/mol. The van der Waals surface area contributed by atoms with E-state index in [4.69, 9.17) is 15.6 Å². The van der Waals surface area contributed by atoms with Crippen LogP contribution in [0.5, 0.6) is 0 Å². The van der Waals surface area contributed by atoms with Gasteiger partial charge in [0.15, 0.2) is 0 Å². The highest BCUT2D eigenvalue weighted by Crippen LogP contribution is 2.27. The summed E-state index contributed by atoms with van der Waals surface area (Å²) in [5, 5.41) is 9.07. The van der Waals surface area contributed by atoms with E-state index in [9.17, 15) is 14.4 Å². The van der Waals surface area contributed by atoms with Crippen LogP contribution in [-0.2, 0) is 19.1 Å². The number of rotatable bonds is 4. The van der Waals surface area contributed by atoms with E-state index >= 15 is 0 Å². The van der Waals surface area contributed by atoms with Crippen LogP contribution in [0.3, 0.4) is 0 Å². The molecule has 2 atom stereocenters. The number of nitrogens with two attached hydrogens (primary N) is 1. The van der Waals surface area contributed by atoms with Gasteiger partial charge in [0.25, 0.3) is 0 Å². The largest absolute Gasteiger partial charge is 0.480 e. The molecule has 0 aromatic heterocycles. The summed E-state index contributed by atoms with van der Waals surface area (Å²) in [6, 6.07) is -1.22. The summed E-state index contributed by atoms with van der Waals surface area (Å²) in [5.41, 5.74) is 4.25. The molecule has 106 valence electrons. The first-order valence-electron chi connectivity index (χ1n) is 5.50. The van der Waals surface area contributed by atoms with Crippen molar-refractivity contribution >= 4 is 18.0 Å². The van der Waals surface area contributed by atoms with Crippen molar-refractivity contribution in [2.75, 3.05) is 20.3 Å². The highest BCUT2D eigenvalue weighted by Gasteiger charge is 2.52. The van der Waals surface area contributed by atoms with E-state index < -0.39 is 29.6 Å². The molecule has 0 radical (unpaired) electrons. The number of nitrogens with zero attached hydrogens (tertiary/aromatic N) is 1. The van der Waals surface area contributed by atoms with Crippen molar-refractivity contribution in [3.63, 3.8) is 0 Å². The van der Waals surface area contributed by atoms with E-state index in [2.05, 4.69) is 11.3 Å². The van der Waals surface area contributed by atoms with E-state index in [1.807, 2.05) is 0 Å². The molecule has 0 saturated carbocycles. The molecule has 1 saturated heterocycles. The van der Waals surface area contributed by atoms with Gasteiger partial charge in [0.05, 0.1) is 13.7 Å². The Hall–Kier alpha value is -2.09. The van der Waals surface area contributed by atoms with Crippen LogP contribution >= 0.6 is 0 Å². The van der Waals surface area contributed by atoms with Crippen LogP contribution in [0.25, 0.3) is 0 Å². The fraction of sp³-hybridized carbons (Fsp3) is 0.545. The Morgan fingerprint density at radius 3 is 2.68 bits per heavy atom. The quantitative estimate of drug-likeness (QED) is 0.515. The molecular formula is C11H16N2O6. The number of aliphatic carboxylic acids is 1. The number of carboxylic acids is 1. The lowest BCUT2D eigenvalue weighted by Gasteiger charge is -2.21. The Labute approximate surface area is 109 Å². The summed E-state index contributed by atoms with van der Waals surface area (Å²) in [6.07, 6.45) is 0.265. The maximum atomic E-state index is 11.7. The predicted octanol–water partition coefficient (Wildman–Crippen LogP) is -0.662. The molecule has 8 heteroatoms. The van der Waals surface area contributed by atoms with Crippen molar-refractivity contribution in [3.8, 4) is 0 Å². The van der Waals surface area contributed by atoms with Gasteiger partial charge in [-0.1, -0.05) is 12.7 Å². The van der Waals surface area contributed by atoms with Gasteiger partial charge < -0.3 is 20.3 Å². The number of likely N-dealkylation sites (tertiary alicyclic amines) is 1. The highest BCUT2D eigenvalue weighted by molar-refractivity contribution is 5.88. The molecule has 0 aromatic rings. The number of carbonyl (C=O) groups excluding carboxylic acids is 2. The monoisotopic (exact) mass is 272 g/mol. The molecule has 0 spiro atoms. The average molecular weight is 272 g/mol. The number of hydrogen-bond donors (Lipinski definition) is 2. The summed E-state index contributed by atoms with van der Waals surface area (Å²) in [5.74, 6) is -2.02. The third-order valence-corrected chi connectivity index (χ3v) is 2.82. The van der Waals surface area contributed by atoms with Crippen LogP contribution in [0.4, 0.5) is 4.79 Å². The number of carboxylic acid groups (broad SMARTS) is 1. The standard InChI is InChI=1S/C11H16N2O6/c1-3-4-19-10(17)13-6-11(12,9(16)18-2)5-7(13)8(14)15/h3,7H,1,4-6,12H2,2H3,(H,14,15)/t7-,11-/m0/s1. The van der Waals surface area contributed by atoms with Crippen LogP contribution < -0.4 is 5.73 Å². The number of ether oxygens (including phenoxy) is 2. The first-order valence-corrected chi connectivity index (χ1v) is 5.50. The Bertz CT molecular complexity index is 410. The van der Waals surface area contributed by atoms with Gasteiger partial charge in [-0.15, -0.1) is 0 Å². The summed E-state index contributed by atoms with van der Waals surface area (Å²) < 4.78 is 9.28. The van der Waals surface area contributed by atoms with Gasteiger partial charge in [0.1, 0.15) is 18.2 Å². The van der Waals surface area contributed by atoms with E-state index in [0.717, 1.165) is 12.0 Å². The van der Waals surface area contributed by atoms with Crippen molar-refractivity contribution in [1.82, 2.24) is 4.90 Å². The van der Waals surface area contributed by atoms with Gasteiger partial charge in [-0.05, 0) is 0 Å². The van der Waals surface area contributed by atoms with E-state index in [1.54, 1.807) is 0 Å². The summed E-state index contributed by atoms with van der Waals surface area (Å²) in [7, 11) is 1.14. The van der Waals surface area contributed by atoms with Crippen molar-refractivity contribution in [2.45, 2.75) is 18.0 Å². The molecule has 3 N–H and O–H groups in total. The molecule has 0 unspecified atom stereocenters. The zero-order valence-electron chi connectivity index (χ0n) is 10.5. The van der Waals surface area contributed by atoms with Gasteiger partial charge in [0, 0.05) is 6.42 Å². The van der Waals surface area contributed by atoms with Crippen molar-refractivity contribution in [3.05, 3.63) is 12.7 Å². The minimum absolute atomic E-state index is 0.0581. The third kappa shape index (κ3) is 3.02. The fourth-order valence-corrected chi connectivity index (χ4v) is 1.91. The second kappa shape index (κ2) is 5.70. The smallest absolute Gasteiger partial charge is 0.410 e. The Morgan fingerprint density at radius 1 is 1.58 bits per heavy atom. The maximum absolute atomic E-state index is 11.7. The van der Waals surface area contributed by atoms with Crippen LogP contribution in [0.1, 0.15) is 6.42 Å². The van der Waals surface area contributed by atoms with Crippen molar-refractivity contribution in [1.29, 1.82) is 0 Å². The minimum atomic E-state index is -1.54. The number of esters is 1. The molecule has 0 aromatic carbocycles. The summed E-state index contributed by atoms with van der Waals surface area (Å²) in [6.45, 7) is 3.04. The molecule has 19 heavy (non-hydrogen) atoms. The molecular weight excluding hydrogens is 256 g/mol. The Kier molecular flexibility index (Phi) is 4.49. The zero-order valence-corrected chi connectivity index (χ0v) is 10.5. The van der Waals surface area contributed by atoms with Crippen LogP contribution in [-0.4, -0.2) is 59.9 Å². The molecule has 1 aliphatic rings. The van der Waals surface area contributed by atoms with Gasteiger partial charge >= 0.3 is 18.0 Å². The van der Waals surface area contributed by atoms with Crippen LogP contribution in [0.2, 0.25) is 0 Å². The first-order chi connectivity index (χ1) is 8.85. The molecule has 1 fully saturated rings. The third-order valence-electron chi connectivity index (χ3n) is 2.82. The van der Waals surface area contributed by atoms with Gasteiger partial charge in [0.2, 0.25) is 0 Å². The van der Waals surface area contributed by atoms with Gasteiger partial charge in [-0.3, -0.25) is 4.90 Å². The zero-order chi connectivity index (χ0) is 14.6. The molecule has 1 amide bonds. The van der Waals surface area contributed by atoms with Crippen molar-refractivity contribution < 1.29 is 29.0 Å². The minimum Gasteiger partial charge on any atom is -0.480 e. The van der Waals surface area contributed by atoms with Crippen LogP contribution in [0.15, 0.2) is 12.7 Å². The van der Waals surface area contributed by atoms with Crippen LogP contribution in [0, 0.1) is 0 Å². The Morgan fingerprint density at radius 2 is 2.21 bits per heavy atom. The molecule has 8 nitrogen and oxygen atoms in total. The molecule has 0 aliphatic carbocycles. The number of amides is 1. The van der Waals surface area contributed by atoms with E-state index in [0.29, 0.717) is 0 Å². The average Bonchev–Trinajstić information content (AvgIpc) is 2.74. The molecule has 1 rings (SSSR count). The van der Waals surface area contributed by atoms with E-state index in [1.165, 1.54) is 6.08 Å². The Balaban J connectivity index is 2.90. The second-order valence-electron chi connectivity index (χ2n) is 4.20.